The minimum Gasteiger partial charge on any atom is -0.318 e. The molecule has 0 fully saturated rings. The molecule has 0 unspecified atom stereocenters. The summed E-state index contributed by atoms with van der Waals surface area (Å²) in [6, 6.07) is 7.79. The van der Waals surface area contributed by atoms with Crippen LogP contribution < -0.4 is 13.9 Å². The van der Waals surface area contributed by atoms with E-state index in [1.54, 1.807) is 13.1 Å². The van der Waals surface area contributed by atoms with Gasteiger partial charge in [-0.15, -0.1) is 11.3 Å². The minimum absolute atomic E-state index is 0.111. The summed E-state index contributed by atoms with van der Waals surface area (Å²) in [7, 11) is 0.609. The summed E-state index contributed by atoms with van der Waals surface area (Å²) >= 11 is 1.50. The van der Waals surface area contributed by atoms with Crippen molar-refractivity contribution in [1.29, 1.82) is 0 Å². The van der Waals surface area contributed by atoms with Gasteiger partial charge in [0.15, 0.2) is 0 Å². The van der Waals surface area contributed by atoms with E-state index in [0.29, 0.717) is 5.69 Å². The molecule has 3 heterocycles. The molecule has 1 aromatic carbocycles. The van der Waals surface area contributed by atoms with Crippen LogP contribution in [-0.4, -0.2) is 38.2 Å². The SMILES string of the molecule is CN1c2cc(F)c(NC(=O)c3cc(-c4cccs4)nn3C)cc2N(C)S1(=O)=O. The van der Waals surface area contributed by atoms with Gasteiger partial charge >= 0.3 is 10.2 Å². The Labute approximate surface area is 165 Å². The third-order valence-corrected chi connectivity index (χ3v) is 7.24. The molecule has 1 aliphatic rings. The number of amides is 1. The molecule has 8 nitrogen and oxygen atoms in total. The van der Waals surface area contributed by atoms with Crippen LogP contribution in [0.1, 0.15) is 10.5 Å². The lowest BCUT2D eigenvalue weighted by Gasteiger charge is -2.13. The molecule has 0 spiro atoms. The number of benzene rings is 1. The van der Waals surface area contributed by atoms with E-state index in [-0.39, 0.29) is 22.8 Å². The molecule has 0 radical (unpaired) electrons. The predicted molar refractivity (Wildman–Crippen MR) is 107 cm³/mol. The van der Waals surface area contributed by atoms with Crippen LogP contribution in [-0.2, 0) is 17.3 Å². The second kappa shape index (κ2) is 6.31. The lowest BCUT2D eigenvalue weighted by Crippen LogP contribution is -2.32. The van der Waals surface area contributed by atoms with Gasteiger partial charge in [-0.25, -0.2) is 4.39 Å². The van der Waals surface area contributed by atoms with Crippen LogP contribution in [0.5, 0.6) is 0 Å². The van der Waals surface area contributed by atoms with Crippen molar-refractivity contribution in [2.45, 2.75) is 0 Å². The molecule has 1 amide bonds. The number of anilines is 3. The smallest absolute Gasteiger partial charge is 0.318 e. The van der Waals surface area contributed by atoms with Crippen molar-refractivity contribution < 1.29 is 17.6 Å². The number of hydrogen-bond donors (Lipinski definition) is 1. The first-order valence-electron chi connectivity index (χ1n) is 8.15. The fourth-order valence-corrected chi connectivity index (χ4v) is 4.83. The second-order valence-electron chi connectivity index (χ2n) is 6.23. The van der Waals surface area contributed by atoms with E-state index in [2.05, 4.69) is 10.4 Å². The zero-order valence-electron chi connectivity index (χ0n) is 15.2. The number of nitrogens with one attached hydrogen (secondary N) is 1. The highest BCUT2D eigenvalue weighted by Crippen LogP contribution is 2.41. The Morgan fingerprint density at radius 3 is 2.46 bits per heavy atom. The lowest BCUT2D eigenvalue weighted by atomic mass is 10.2. The zero-order valence-corrected chi connectivity index (χ0v) is 16.8. The number of aryl methyl sites for hydroxylation is 1. The maximum atomic E-state index is 14.5. The summed E-state index contributed by atoms with van der Waals surface area (Å²) in [4.78, 5) is 13.6. The Balaban J connectivity index is 1.66. The van der Waals surface area contributed by atoms with Gasteiger partial charge in [-0.1, -0.05) is 6.07 Å². The first-order chi connectivity index (χ1) is 13.2. The van der Waals surface area contributed by atoms with E-state index < -0.39 is 21.9 Å². The summed E-state index contributed by atoms with van der Waals surface area (Å²) in [5.74, 6) is -1.28. The molecule has 0 bridgehead atoms. The molecule has 4 rings (SSSR count). The van der Waals surface area contributed by atoms with Crippen LogP contribution in [0.25, 0.3) is 10.6 Å². The van der Waals surface area contributed by atoms with Gasteiger partial charge in [-0.3, -0.25) is 18.1 Å². The number of hydrogen-bond acceptors (Lipinski definition) is 5. The van der Waals surface area contributed by atoms with Crippen LogP contribution in [0.4, 0.5) is 21.5 Å². The van der Waals surface area contributed by atoms with E-state index in [1.807, 2.05) is 17.5 Å². The van der Waals surface area contributed by atoms with Gasteiger partial charge in [0, 0.05) is 27.2 Å². The van der Waals surface area contributed by atoms with Crippen molar-refractivity contribution >= 4 is 44.5 Å². The zero-order chi connectivity index (χ0) is 20.2. The standard InChI is InChI=1S/C17H16FN5O3S2/c1-21-15(9-12(20-21)16-5-4-6-27-16)17(24)19-11-8-14-13(7-10(11)18)22(2)28(25,26)23(14)3/h4-9H,1-3H3,(H,19,24). The third kappa shape index (κ3) is 2.74. The first kappa shape index (κ1) is 18.4. The van der Waals surface area contributed by atoms with Crippen LogP contribution in [0.15, 0.2) is 35.7 Å². The topological polar surface area (TPSA) is 87.5 Å². The summed E-state index contributed by atoms with van der Waals surface area (Å²) in [5, 5.41) is 8.73. The van der Waals surface area contributed by atoms with Gasteiger partial charge in [-0.05, 0) is 23.6 Å². The Hall–Kier alpha value is -2.92. The number of aromatic nitrogens is 2. The fourth-order valence-electron chi connectivity index (χ4n) is 2.99. The summed E-state index contributed by atoms with van der Waals surface area (Å²) in [6.45, 7) is 0. The van der Waals surface area contributed by atoms with Crippen LogP contribution in [0, 0.1) is 5.82 Å². The first-order valence-corrected chi connectivity index (χ1v) is 10.4. The number of nitrogens with zero attached hydrogens (tertiary/aromatic N) is 4. The average Bonchev–Trinajstić information content (AvgIpc) is 3.33. The van der Waals surface area contributed by atoms with E-state index in [4.69, 9.17) is 0 Å². The van der Waals surface area contributed by atoms with Gasteiger partial charge in [-0.2, -0.15) is 13.5 Å². The molecule has 3 aromatic rings. The van der Waals surface area contributed by atoms with Crippen molar-refractivity contribution in [3.05, 3.63) is 47.2 Å². The molecule has 146 valence electrons. The molecule has 28 heavy (non-hydrogen) atoms. The van der Waals surface area contributed by atoms with Crippen molar-refractivity contribution in [3.8, 4) is 10.6 Å². The Morgan fingerprint density at radius 2 is 1.82 bits per heavy atom. The molecule has 0 saturated carbocycles. The number of carbonyl (C=O) groups is 1. The van der Waals surface area contributed by atoms with Gasteiger partial charge < -0.3 is 5.32 Å². The van der Waals surface area contributed by atoms with Crippen molar-refractivity contribution in [2.75, 3.05) is 28.0 Å². The molecule has 11 heteroatoms. The maximum absolute atomic E-state index is 14.5. The Morgan fingerprint density at radius 1 is 1.14 bits per heavy atom. The van der Waals surface area contributed by atoms with Crippen molar-refractivity contribution in [2.24, 2.45) is 7.05 Å². The van der Waals surface area contributed by atoms with Gasteiger partial charge in [0.25, 0.3) is 5.91 Å². The highest BCUT2D eigenvalue weighted by molar-refractivity contribution is 7.94. The van der Waals surface area contributed by atoms with Gasteiger partial charge in [0.1, 0.15) is 17.2 Å². The molecular formula is C17H16FN5O3S2. The molecule has 0 aliphatic carbocycles. The van der Waals surface area contributed by atoms with Crippen molar-refractivity contribution in [3.63, 3.8) is 0 Å². The van der Waals surface area contributed by atoms with Crippen LogP contribution in [0.2, 0.25) is 0 Å². The molecule has 1 N–H and O–H groups in total. The molecular weight excluding hydrogens is 405 g/mol. The molecule has 0 saturated heterocycles. The van der Waals surface area contributed by atoms with Gasteiger partial charge in [0.05, 0.1) is 21.9 Å². The average molecular weight is 421 g/mol. The van der Waals surface area contributed by atoms with Crippen LogP contribution in [0.3, 0.4) is 0 Å². The highest BCUT2D eigenvalue weighted by Gasteiger charge is 2.36. The van der Waals surface area contributed by atoms with Crippen molar-refractivity contribution in [1.82, 2.24) is 9.78 Å². The third-order valence-electron chi connectivity index (χ3n) is 4.57. The fraction of sp³-hybridized carbons (Fsp3) is 0.176. The predicted octanol–water partition coefficient (Wildman–Crippen LogP) is 2.67. The molecule has 2 aromatic heterocycles. The molecule has 1 aliphatic heterocycles. The Bertz CT molecular complexity index is 1190. The van der Waals surface area contributed by atoms with Crippen LogP contribution >= 0.6 is 11.3 Å². The number of rotatable bonds is 3. The second-order valence-corrected chi connectivity index (χ2v) is 9.17. The number of fused-ring (bicyclic) bond motifs is 1. The number of carbonyl (C=O) groups excluding carboxylic acids is 1. The highest BCUT2D eigenvalue weighted by atomic mass is 32.2. The van der Waals surface area contributed by atoms with E-state index in [0.717, 1.165) is 19.6 Å². The monoisotopic (exact) mass is 421 g/mol. The quantitative estimate of drug-likeness (QED) is 0.704. The normalized spacial score (nSPS) is 15.0. The van der Waals surface area contributed by atoms with E-state index in [1.165, 1.54) is 36.2 Å². The largest absolute Gasteiger partial charge is 0.326 e. The summed E-state index contributed by atoms with van der Waals surface area (Å²) in [6.07, 6.45) is 0. The number of halogens is 1. The molecule has 0 atom stereocenters. The maximum Gasteiger partial charge on any atom is 0.326 e. The summed E-state index contributed by atoms with van der Waals surface area (Å²) < 4.78 is 42.4. The lowest BCUT2D eigenvalue weighted by molar-refractivity contribution is 0.101. The Kier molecular flexibility index (Phi) is 4.16. The van der Waals surface area contributed by atoms with Gasteiger partial charge in [0.2, 0.25) is 0 Å². The van der Waals surface area contributed by atoms with E-state index >= 15 is 0 Å². The summed E-state index contributed by atoms with van der Waals surface area (Å²) in [5.41, 5.74) is 1.27. The van der Waals surface area contributed by atoms with E-state index in [9.17, 15) is 17.6 Å². The number of thiophene rings is 1. The minimum atomic E-state index is -3.73.